The minimum absolute atomic E-state index is 0.140. The molecular formula is C34H32Cl2SiZr. The smallest absolute Gasteiger partial charge is 0.0920 e. The van der Waals surface area contributed by atoms with E-state index in [1.807, 2.05) is 6.07 Å². The van der Waals surface area contributed by atoms with Crippen LogP contribution in [0, 0.1) is 6.07 Å². The predicted octanol–water partition coefficient (Wildman–Crippen LogP) is 8.97. The summed E-state index contributed by atoms with van der Waals surface area (Å²) in [4.78, 5) is 0. The van der Waals surface area contributed by atoms with Crippen LogP contribution in [-0.2, 0) is 32.7 Å². The number of hydrogen-bond acceptors (Lipinski definition) is 0. The summed E-state index contributed by atoms with van der Waals surface area (Å²) in [6.45, 7) is 9.15. The van der Waals surface area contributed by atoms with E-state index in [-0.39, 0.29) is 5.41 Å². The fraction of sp³-hybridized carbons (Fsp3) is 0.206. The zero-order chi connectivity index (χ0) is 27.1. The molecule has 0 nitrogen and oxygen atoms in total. The molecule has 0 atom stereocenters. The topological polar surface area (TPSA) is 0 Å². The SMILES string of the molecule is CCCc1cc2c(-c3ccccc3)c(C(C)(C)C)ccc2[cH-]1.[Cl][Zr+2][Cl].[c-]1cccc2c1[Si]c1ccccc1-2. The second-order valence-electron chi connectivity index (χ2n) is 10.4. The molecule has 0 aliphatic carbocycles. The Bertz CT molecular complexity index is 1440. The molecule has 2 radical (unpaired) electrons. The van der Waals surface area contributed by atoms with E-state index < -0.39 is 20.8 Å². The van der Waals surface area contributed by atoms with Crippen molar-refractivity contribution in [2.45, 2.75) is 46.0 Å². The number of fused-ring (bicyclic) bond motifs is 4. The van der Waals surface area contributed by atoms with Crippen molar-refractivity contribution in [2.75, 3.05) is 0 Å². The summed E-state index contributed by atoms with van der Waals surface area (Å²) in [6, 6.07) is 38.4. The van der Waals surface area contributed by atoms with Gasteiger partial charge in [0.05, 0.1) is 9.52 Å². The molecule has 0 bridgehead atoms. The molecule has 5 aromatic rings. The molecule has 0 N–H and O–H groups in total. The quantitative estimate of drug-likeness (QED) is 0.135. The van der Waals surface area contributed by atoms with Crippen molar-refractivity contribution in [1.29, 1.82) is 0 Å². The maximum Gasteiger partial charge on any atom is 0.0920 e. The fourth-order valence-corrected chi connectivity index (χ4v) is 6.35. The van der Waals surface area contributed by atoms with E-state index in [0.717, 1.165) is 15.9 Å². The maximum atomic E-state index is 4.93. The van der Waals surface area contributed by atoms with Gasteiger partial charge in [-0.3, -0.25) is 0 Å². The molecule has 0 spiro atoms. The summed E-state index contributed by atoms with van der Waals surface area (Å²) < 4.78 is 0. The van der Waals surface area contributed by atoms with Crippen LogP contribution in [0.1, 0.15) is 45.2 Å². The van der Waals surface area contributed by atoms with Crippen LogP contribution in [0.15, 0.2) is 97.1 Å². The minimum Gasteiger partial charge on any atom is -0.184 e. The van der Waals surface area contributed by atoms with Crippen LogP contribution in [-0.4, -0.2) is 9.52 Å². The van der Waals surface area contributed by atoms with E-state index in [4.69, 9.17) is 17.0 Å². The minimum atomic E-state index is -0.826. The summed E-state index contributed by atoms with van der Waals surface area (Å²) in [6.07, 6.45) is 2.36. The Morgan fingerprint density at radius 3 is 2.26 bits per heavy atom. The van der Waals surface area contributed by atoms with Crippen LogP contribution in [0.25, 0.3) is 33.0 Å². The molecule has 5 aromatic carbocycles. The van der Waals surface area contributed by atoms with Gasteiger partial charge in [-0.2, -0.15) is 35.5 Å². The molecule has 1 aliphatic rings. The largest absolute Gasteiger partial charge is 0.184 e. The Kier molecular flexibility index (Phi) is 10.4. The van der Waals surface area contributed by atoms with Gasteiger partial charge in [-0.15, -0.1) is 40.1 Å². The van der Waals surface area contributed by atoms with Crippen molar-refractivity contribution in [3.63, 3.8) is 0 Å². The predicted molar refractivity (Wildman–Crippen MR) is 165 cm³/mol. The molecule has 0 aromatic heterocycles. The Morgan fingerprint density at radius 1 is 0.868 bits per heavy atom. The Labute approximate surface area is 249 Å². The summed E-state index contributed by atoms with van der Waals surface area (Å²) in [5.41, 5.74) is 8.53. The molecule has 38 heavy (non-hydrogen) atoms. The molecule has 4 heteroatoms. The van der Waals surface area contributed by atoms with Gasteiger partial charge in [0.15, 0.2) is 0 Å². The van der Waals surface area contributed by atoms with Crippen LogP contribution >= 0.6 is 17.0 Å². The molecule has 1 heterocycles. The molecule has 0 saturated carbocycles. The normalized spacial score (nSPS) is 11.4. The zero-order valence-electron chi connectivity index (χ0n) is 22.4. The second kappa shape index (κ2) is 13.5. The standard InChI is InChI=1S/C22H25.C12H7Si.2ClH.Zr/c1-5-9-16-14-18-12-13-20(22(2,3)4)21(19(18)15-16)17-10-7-6-8-11-17;1-3-7-11-9(5-1)10-6-2-4-8-12(10)13-11;;;/h6-8,10-15H,5,9H2,1-4H3;1-7H;2*1H;/q2*-1;;;+4/p-2. The summed E-state index contributed by atoms with van der Waals surface area (Å²) in [5, 5.41) is 5.60. The number of aryl methyl sites for hydroxylation is 1. The van der Waals surface area contributed by atoms with Crippen molar-refractivity contribution in [3.05, 3.63) is 114 Å². The molecule has 0 unspecified atom stereocenters. The van der Waals surface area contributed by atoms with E-state index >= 15 is 0 Å². The molecule has 0 fully saturated rings. The van der Waals surface area contributed by atoms with E-state index in [1.54, 1.807) is 0 Å². The monoisotopic (exact) mass is 628 g/mol. The van der Waals surface area contributed by atoms with E-state index in [1.165, 1.54) is 60.9 Å². The van der Waals surface area contributed by atoms with Crippen LogP contribution in [0.2, 0.25) is 0 Å². The number of halogens is 2. The van der Waals surface area contributed by atoms with Gasteiger partial charge in [-0.1, -0.05) is 111 Å². The second-order valence-corrected chi connectivity index (χ2v) is 15.4. The third-order valence-electron chi connectivity index (χ3n) is 6.69. The summed E-state index contributed by atoms with van der Waals surface area (Å²) in [5.74, 6) is 0. The Morgan fingerprint density at radius 2 is 1.55 bits per heavy atom. The zero-order valence-corrected chi connectivity index (χ0v) is 27.4. The molecular weight excluding hydrogens is 599 g/mol. The number of benzene rings is 4. The first-order valence-corrected chi connectivity index (χ1v) is 20.3. The fourth-order valence-electron chi connectivity index (χ4n) is 5.04. The van der Waals surface area contributed by atoms with Crippen LogP contribution in [0.5, 0.6) is 0 Å². The Hall–Kier alpha value is -1.83. The third-order valence-corrected chi connectivity index (χ3v) is 8.06. The number of rotatable bonds is 3. The maximum absolute atomic E-state index is 4.93. The molecule has 190 valence electrons. The van der Waals surface area contributed by atoms with Crippen molar-refractivity contribution < 1.29 is 20.8 Å². The molecule has 1 aliphatic heterocycles. The van der Waals surface area contributed by atoms with Gasteiger partial charge in [0.25, 0.3) is 0 Å². The van der Waals surface area contributed by atoms with Gasteiger partial charge in [0.1, 0.15) is 0 Å². The first-order valence-electron chi connectivity index (χ1n) is 13.0. The van der Waals surface area contributed by atoms with Crippen molar-refractivity contribution in [1.82, 2.24) is 0 Å². The van der Waals surface area contributed by atoms with Crippen molar-refractivity contribution in [2.24, 2.45) is 0 Å². The van der Waals surface area contributed by atoms with Gasteiger partial charge < -0.3 is 0 Å². The number of hydrogen-bond donors (Lipinski definition) is 0. The van der Waals surface area contributed by atoms with Crippen LogP contribution in [0.3, 0.4) is 0 Å². The van der Waals surface area contributed by atoms with E-state index in [0.29, 0.717) is 0 Å². The van der Waals surface area contributed by atoms with Crippen molar-refractivity contribution in [3.8, 4) is 22.3 Å². The first kappa shape index (κ1) is 29.2. The van der Waals surface area contributed by atoms with Gasteiger partial charge in [-0.05, 0) is 17.4 Å². The van der Waals surface area contributed by atoms with Gasteiger partial charge in [-0.25, -0.2) is 0 Å². The van der Waals surface area contributed by atoms with Gasteiger partial charge >= 0.3 is 37.9 Å². The molecule has 6 rings (SSSR count). The average molecular weight is 631 g/mol. The summed E-state index contributed by atoms with van der Waals surface area (Å²) in [7, 11) is 10.7. The van der Waals surface area contributed by atoms with Crippen LogP contribution < -0.4 is 10.4 Å². The molecule has 0 amide bonds. The van der Waals surface area contributed by atoms with Gasteiger partial charge in [0.2, 0.25) is 0 Å². The molecule has 0 saturated heterocycles. The van der Waals surface area contributed by atoms with Crippen molar-refractivity contribution >= 4 is 47.7 Å². The van der Waals surface area contributed by atoms with E-state index in [9.17, 15) is 0 Å². The average Bonchev–Trinajstić information content (AvgIpc) is 3.50. The van der Waals surface area contributed by atoms with E-state index in [2.05, 4.69) is 125 Å². The van der Waals surface area contributed by atoms with Gasteiger partial charge in [0, 0.05) is 0 Å². The van der Waals surface area contributed by atoms with Crippen LogP contribution in [0.4, 0.5) is 0 Å². The third kappa shape index (κ3) is 6.83. The first-order chi connectivity index (χ1) is 18.4. The summed E-state index contributed by atoms with van der Waals surface area (Å²) >= 11 is -0.826. The Balaban J connectivity index is 0.000000177.